The van der Waals surface area contributed by atoms with Crippen molar-refractivity contribution in [3.05, 3.63) is 54.5 Å². The summed E-state index contributed by atoms with van der Waals surface area (Å²) in [4.78, 5) is 25.7. The first kappa shape index (κ1) is 18.1. The van der Waals surface area contributed by atoms with Crippen molar-refractivity contribution >= 4 is 23.6 Å². The van der Waals surface area contributed by atoms with E-state index < -0.39 is 12.6 Å². The molecule has 1 amide bonds. The third-order valence-electron chi connectivity index (χ3n) is 3.59. The van der Waals surface area contributed by atoms with Gasteiger partial charge in [0.1, 0.15) is 5.76 Å². The zero-order chi connectivity index (χ0) is 19.2. The van der Waals surface area contributed by atoms with E-state index in [0.717, 1.165) is 0 Å². The molecule has 3 rings (SSSR count). The number of aromatic nitrogens is 4. The molecule has 9 nitrogen and oxygen atoms in total. The number of tetrazole rings is 1. The lowest BCUT2D eigenvalue weighted by Gasteiger charge is -2.12. The van der Waals surface area contributed by atoms with Gasteiger partial charge in [0, 0.05) is 25.7 Å². The Morgan fingerprint density at radius 1 is 1.19 bits per heavy atom. The van der Waals surface area contributed by atoms with E-state index in [9.17, 15) is 9.59 Å². The minimum absolute atomic E-state index is 0.0142. The van der Waals surface area contributed by atoms with Crippen LogP contribution in [0.25, 0.3) is 23.2 Å². The Kier molecular flexibility index (Phi) is 5.41. The number of esters is 1. The van der Waals surface area contributed by atoms with Gasteiger partial charge >= 0.3 is 5.97 Å². The summed E-state index contributed by atoms with van der Waals surface area (Å²) in [6.07, 6.45) is 2.92. The topological polar surface area (TPSA) is 103 Å². The lowest BCUT2D eigenvalue weighted by atomic mass is 10.2. The van der Waals surface area contributed by atoms with Crippen LogP contribution in [0.4, 0.5) is 0 Å². The first-order valence-electron chi connectivity index (χ1n) is 8.03. The van der Waals surface area contributed by atoms with E-state index in [4.69, 9.17) is 9.15 Å². The van der Waals surface area contributed by atoms with Gasteiger partial charge in [0.05, 0.1) is 6.26 Å². The van der Waals surface area contributed by atoms with E-state index in [2.05, 4.69) is 15.5 Å². The van der Waals surface area contributed by atoms with Gasteiger partial charge in [-0.15, -0.1) is 5.10 Å². The summed E-state index contributed by atoms with van der Waals surface area (Å²) >= 11 is 0. The first-order chi connectivity index (χ1) is 13.1. The van der Waals surface area contributed by atoms with Gasteiger partial charge in [0.2, 0.25) is 0 Å². The Balaban J connectivity index is 1.96. The lowest BCUT2D eigenvalue weighted by molar-refractivity contribution is -0.146. The van der Waals surface area contributed by atoms with Gasteiger partial charge in [-0.25, -0.2) is 4.79 Å². The number of ether oxygens (including phenoxy) is 1. The van der Waals surface area contributed by atoms with Crippen molar-refractivity contribution in [1.29, 1.82) is 0 Å². The molecular weight excluding hydrogens is 350 g/mol. The molecule has 0 unspecified atom stereocenters. The molecule has 2 aromatic heterocycles. The van der Waals surface area contributed by atoms with Crippen LogP contribution in [0.15, 0.2) is 53.1 Å². The summed E-state index contributed by atoms with van der Waals surface area (Å²) < 4.78 is 11.7. The van der Waals surface area contributed by atoms with Gasteiger partial charge in [-0.05, 0) is 22.6 Å². The molecule has 0 bridgehead atoms. The average Bonchev–Trinajstić information content (AvgIpc) is 3.36. The summed E-state index contributed by atoms with van der Waals surface area (Å²) in [5.41, 5.74) is 0.727. The normalized spacial score (nSPS) is 11.3. The van der Waals surface area contributed by atoms with E-state index in [1.807, 2.05) is 30.3 Å². The number of hydrogen-bond acceptors (Lipinski definition) is 7. The molecule has 1 aromatic carbocycles. The second-order valence-corrected chi connectivity index (χ2v) is 5.69. The van der Waals surface area contributed by atoms with Crippen molar-refractivity contribution in [2.45, 2.75) is 0 Å². The maximum atomic E-state index is 12.7. The molecule has 0 aliphatic heterocycles. The summed E-state index contributed by atoms with van der Waals surface area (Å²) in [5.74, 6) is -0.341. The number of carbonyl (C=O) groups is 2. The van der Waals surface area contributed by atoms with Crippen LogP contribution in [0.1, 0.15) is 5.76 Å². The molecule has 0 saturated heterocycles. The molecule has 0 radical (unpaired) electrons. The van der Waals surface area contributed by atoms with Crippen LogP contribution in [0, 0.1) is 0 Å². The van der Waals surface area contributed by atoms with Crippen molar-refractivity contribution in [2.75, 3.05) is 20.7 Å². The third kappa shape index (κ3) is 4.27. The highest BCUT2D eigenvalue weighted by atomic mass is 16.5. The summed E-state index contributed by atoms with van der Waals surface area (Å²) in [6, 6.07) is 12.5. The predicted octanol–water partition coefficient (Wildman–Crippen LogP) is 1.56. The molecule has 0 N–H and O–H groups in total. The summed E-state index contributed by atoms with van der Waals surface area (Å²) in [7, 11) is 3.15. The Labute approximate surface area is 154 Å². The minimum atomic E-state index is -0.758. The number of rotatable bonds is 6. The van der Waals surface area contributed by atoms with Crippen molar-refractivity contribution in [3.8, 4) is 11.4 Å². The number of benzene rings is 1. The largest absolute Gasteiger partial charge is 0.465 e. The quantitative estimate of drug-likeness (QED) is 0.481. The van der Waals surface area contributed by atoms with Crippen LogP contribution in [-0.2, 0) is 14.3 Å². The van der Waals surface area contributed by atoms with Crippen LogP contribution in [-0.4, -0.2) is 57.7 Å². The number of likely N-dealkylation sites (N-methyl/N-ethyl adjacent to an activating group) is 1. The van der Waals surface area contributed by atoms with Gasteiger partial charge in [0.15, 0.2) is 18.1 Å². The molecule has 0 atom stereocenters. The zero-order valence-corrected chi connectivity index (χ0v) is 14.8. The Morgan fingerprint density at radius 3 is 2.63 bits per heavy atom. The first-order valence-corrected chi connectivity index (χ1v) is 8.03. The molecule has 9 heteroatoms. The number of carbonyl (C=O) groups excluding carboxylic acids is 2. The standard InChI is InChI=1S/C18H17N5O4/c1-22(2)16(24)12-27-18(25)15(11-14-9-6-10-26-14)23-17(19-20-21-23)13-7-4-3-5-8-13/h3-11H,12H2,1-2H3/b15-11-. The zero-order valence-electron chi connectivity index (χ0n) is 14.8. The lowest BCUT2D eigenvalue weighted by Crippen LogP contribution is -2.28. The highest BCUT2D eigenvalue weighted by Crippen LogP contribution is 2.21. The van der Waals surface area contributed by atoms with E-state index >= 15 is 0 Å². The molecule has 0 aliphatic carbocycles. The fraction of sp³-hybridized carbons (Fsp3) is 0.167. The van der Waals surface area contributed by atoms with E-state index in [-0.39, 0.29) is 11.6 Å². The maximum Gasteiger partial charge on any atom is 0.357 e. The maximum absolute atomic E-state index is 12.7. The van der Waals surface area contributed by atoms with Crippen LogP contribution in [0.2, 0.25) is 0 Å². The fourth-order valence-corrected chi connectivity index (χ4v) is 2.16. The van der Waals surface area contributed by atoms with E-state index in [1.54, 1.807) is 26.2 Å². The van der Waals surface area contributed by atoms with Gasteiger partial charge in [-0.3, -0.25) is 4.79 Å². The highest BCUT2D eigenvalue weighted by molar-refractivity contribution is 6.15. The van der Waals surface area contributed by atoms with Gasteiger partial charge in [0.25, 0.3) is 5.91 Å². The predicted molar refractivity (Wildman–Crippen MR) is 95.8 cm³/mol. The summed E-state index contributed by atoms with van der Waals surface area (Å²) in [5, 5.41) is 11.6. The van der Waals surface area contributed by atoms with Crippen LogP contribution >= 0.6 is 0 Å². The van der Waals surface area contributed by atoms with Crippen LogP contribution < -0.4 is 0 Å². The number of hydrogen-bond donors (Lipinski definition) is 0. The number of nitrogens with zero attached hydrogens (tertiary/aromatic N) is 5. The molecule has 0 aliphatic rings. The molecular formula is C18H17N5O4. The fourth-order valence-electron chi connectivity index (χ4n) is 2.16. The van der Waals surface area contributed by atoms with Crippen molar-refractivity contribution < 1.29 is 18.7 Å². The van der Waals surface area contributed by atoms with Crippen molar-refractivity contribution in [1.82, 2.24) is 25.1 Å². The van der Waals surface area contributed by atoms with Gasteiger partial charge < -0.3 is 14.1 Å². The SMILES string of the molecule is CN(C)C(=O)COC(=O)/C(=C/c1ccco1)n1nnnc1-c1ccccc1. The second kappa shape index (κ2) is 8.09. The van der Waals surface area contributed by atoms with Crippen molar-refractivity contribution in [2.24, 2.45) is 0 Å². The molecule has 138 valence electrons. The minimum Gasteiger partial charge on any atom is -0.465 e. The summed E-state index contributed by atoms with van der Waals surface area (Å²) in [6.45, 7) is -0.399. The third-order valence-corrected chi connectivity index (χ3v) is 3.59. The van der Waals surface area contributed by atoms with E-state index in [0.29, 0.717) is 17.1 Å². The molecule has 2 heterocycles. The second-order valence-electron chi connectivity index (χ2n) is 5.69. The average molecular weight is 367 g/mol. The van der Waals surface area contributed by atoms with E-state index in [1.165, 1.54) is 21.9 Å². The Hall–Kier alpha value is -3.75. The monoisotopic (exact) mass is 367 g/mol. The van der Waals surface area contributed by atoms with Crippen molar-refractivity contribution in [3.63, 3.8) is 0 Å². The molecule has 27 heavy (non-hydrogen) atoms. The number of amides is 1. The van der Waals surface area contributed by atoms with Crippen LogP contribution in [0.5, 0.6) is 0 Å². The van der Waals surface area contributed by atoms with Gasteiger partial charge in [-0.2, -0.15) is 4.68 Å². The molecule has 0 fully saturated rings. The van der Waals surface area contributed by atoms with Crippen LogP contribution in [0.3, 0.4) is 0 Å². The highest BCUT2D eigenvalue weighted by Gasteiger charge is 2.22. The Morgan fingerprint density at radius 2 is 1.96 bits per heavy atom. The molecule has 3 aromatic rings. The smallest absolute Gasteiger partial charge is 0.357 e. The molecule has 0 saturated carbocycles. The number of furan rings is 1. The van der Waals surface area contributed by atoms with Gasteiger partial charge in [-0.1, -0.05) is 30.3 Å². The Bertz CT molecular complexity index is 945. The molecule has 0 spiro atoms.